The Labute approximate surface area is 119 Å². The van der Waals surface area contributed by atoms with Crippen LogP contribution in [0.2, 0.25) is 18.1 Å². The lowest BCUT2D eigenvalue weighted by molar-refractivity contribution is -0.135. The lowest BCUT2D eigenvalue weighted by atomic mass is 10.2. The molecule has 18 heavy (non-hydrogen) atoms. The van der Waals surface area contributed by atoms with Crippen LogP contribution in [0.3, 0.4) is 0 Å². The highest BCUT2D eigenvalue weighted by molar-refractivity contribution is 9.09. The monoisotopic (exact) mass is 334 g/mol. The van der Waals surface area contributed by atoms with Gasteiger partial charge in [-0.1, -0.05) is 42.8 Å². The van der Waals surface area contributed by atoms with Crippen molar-refractivity contribution >= 4 is 30.2 Å². The number of allylic oxidation sites excluding steroid dienone is 2. The van der Waals surface area contributed by atoms with Gasteiger partial charge in [0.2, 0.25) is 8.32 Å². The number of carbonyl (C=O) groups excluding carboxylic acids is 1. The van der Waals surface area contributed by atoms with E-state index in [2.05, 4.69) is 54.5 Å². The second kappa shape index (κ2) is 7.14. The van der Waals surface area contributed by atoms with E-state index in [4.69, 9.17) is 4.43 Å². The van der Waals surface area contributed by atoms with Gasteiger partial charge in [0.15, 0.2) is 0 Å². The van der Waals surface area contributed by atoms with Crippen molar-refractivity contribution in [1.29, 1.82) is 0 Å². The number of hydrogen-bond donors (Lipinski definition) is 0. The predicted molar refractivity (Wildman–Crippen MR) is 81.3 cm³/mol. The number of esters is 1. The van der Waals surface area contributed by atoms with Crippen LogP contribution in [0.4, 0.5) is 0 Å². The van der Waals surface area contributed by atoms with Gasteiger partial charge >= 0.3 is 5.97 Å². The largest absolute Gasteiger partial charge is 0.543 e. The van der Waals surface area contributed by atoms with Crippen molar-refractivity contribution in [3.05, 3.63) is 24.0 Å². The number of carbonyl (C=O) groups is 1. The number of hydrogen-bond acceptors (Lipinski definition) is 3. The summed E-state index contributed by atoms with van der Waals surface area (Å²) in [6, 6.07) is 0. The van der Waals surface area contributed by atoms with Gasteiger partial charge in [0.1, 0.15) is 5.76 Å². The lowest BCUT2D eigenvalue weighted by Crippen LogP contribution is -2.40. The van der Waals surface area contributed by atoms with Gasteiger partial charge in [-0.2, -0.15) is 0 Å². The van der Waals surface area contributed by atoms with Crippen LogP contribution in [0, 0.1) is 0 Å². The molecule has 0 aliphatic carbocycles. The summed E-state index contributed by atoms with van der Waals surface area (Å²) in [5, 5.41) is 0.802. The molecule has 0 saturated heterocycles. The maximum absolute atomic E-state index is 11.3. The van der Waals surface area contributed by atoms with Crippen molar-refractivity contribution in [1.82, 2.24) is 0 Å². The van der Waals surface area contributed by atoms with Gasteiger partial charge in [-0.15, -0.1) is 0 Å². The Morgan fingerprint density at radius 1 is 1.33 bits per heavy atom. The molecule has 0 spiro atoms. The van der Waals surface area contributed by atoms with E-state index in [9.17, 15) is 4.79 Å². The first kappa shape index (κ1) is 17.4. The summed E-state index contributed by atoms with van der Waals surface area (Å²) in [5.41, 5.74) is 0. The van der Waals surface area contributed by atoms with E-state index >= 15 is 0 Å². The molecule has 3 nitrogen and oxygen atoms in total. The zero-order chi connectivity index (χ0) is 14.4. The molecule has 0 unspecified atom stereocenters. The third-order valence-corrected chi connectivity index (χ3v) is 7.74. The first-order chi connectivity index (χ1) is 8.14. The zero-order valence-corrected chi connectivity index (χ0v) is 14.6. The molecule has 0 amide bonds. The number of ether oxygens (including phenoxy) is 1. The van der Waals surface area contributed by atoms with Crippen LogP contribution in [-0.2, 0) is 14.0 Å². The Hall–Kier alpha value is -0.553. The molecule has 0 aliphatic rings. The number of rotatable bonds is 5. The molecular weight excluding hydrogens is 312 g/mol. The molecule has 0 atom stereocenters. The summed E-state index contributed by atoms with van der Waals surface area (Å²) >= 11 is 3.31. The van der Waals surface area contributed by atoms with Crippen molar-refractivity contribution in [2.75, 3.05) is 12.4 Å². The fourth-order valence-electron chi connectivity index (χ4n) is 0.895. The molecule has 0 bridgehead atoms. The third-order valence-electron chi connectivity index (χ3n) is 3.01. The van der Waals surface area contributed by atoms with Gasteiger partial charge in [0, 0.05) is 5.33 Å². The average molecular weight is 335 g/mol. The normalized spacial score (nSPS) is 13.8. The van der Waals surface area contributed by atoms with E-state index in [1.165, 1.54) is 13.2 Å². The molecule has 0 heterocycles. The second-order valence-corrected chi connectivity index (χ2v) is 10.9. The molecule has 0 rings (SSSR count). The van der Waals surface area contributed by atoms with E-state index in [1.54, 1.807) is 6.08 Å². The first-order valence-electron chi connectivity index (χ1n) is 5.85. The lowest BCUT2D eigenvalue weighted by Gasteiger charge is -2.36. The second-order valence-electron chi connectivity index (χ2n) is 5.49. The summed E-state index contributed by atoms with van der Waals surface area (Å²) in [6.07, 6.45) is 5.08. The van der Waals surface area contributed by atoms with Crippen molar-refractivity contribution in [2.45, 2.75) is 38.9 Å². The minimum Gasteiger partial charge on any atom is -0.543 e. The average Bonchev–Trinajstić information content (AvgIpc) is 2.23. The smallest absolute Gasteiger partial charge is 0.334 e. The number of alkyl halides is 1. The molecule has 0 aromatic carbocycles. The molecule has 104 valence electrons. The van der Waals surface area contributed by atoms with E-state index in [1.807, 2.05) is 6.08 Å². The van der Waals surface area contributed by atoms with Gasteiger partial charge in [-0.3, -0.25) is 0 Å². The van der Waals surface area contributed by atoms with Gasteiger partial charge in [-0.05, 0) is 24.2 Å². The van der Waals surface area contributed by atoms with Crippen molar-refractivity contribution in [2.24, 2.45) is 0 Å². The Morgan fingerprint density at radius 2 is 1.89 bits per heavy atom. The quantitative estimate of drug-likeness (QED) is 0.190. The van der Waals surface area contributed by atoms with Gasteiger partial charge in [0.05, 0.1) is 13.2 Å². The van der Waals surface area contributed by atoms with Crippen molar-refractivity contribution < 1.29 is 14.0 Å². The Bertz CT molecular complexity index is 341. The Balaban J connectivity index is 5.08. The third kappa shape index (κ3) is 5.86. The van der Waals surface area contributed by atoms with Crippen LogP contribution in [0.25, 0.3) is 0 Å². The van der Waals surface area contributed by atoms with Crippen LogP contribution < -0.4 is 0 Å². The highest BCUT2D eigenvalue weighted by Gasteiger charge is 2.39. The van der Waals surface area contributed by atoms with Crippen LogP contribution in [0.1, 0.15) is 20.8 Å². The highest BCUT2D eigenvalue weighted by atomic mass is 79.9. The molecule has 0 aromatic rings. The maximum atomic E-state index is 11.3. The molecule has 0 fully saturated rings. The van der Waals surface area contributed by atoms with Crippen LogP contribution in [0.5, 0.6) is 0 Å². The molecular formula is C13H23BrO3Si. The van der Waals surface area contributed by atoms with Crippen LogP contribution in [-0.4, -0.2) is 26.7 Å². The highest BCUT2D eigenvalue weighted by Crippen LogP contribution is 2.38. The summed E-state index contributed by atoms with van der Waals surface area (Å²) in [7, 11) is -0.582. The van der Waals surface area contributed by atoms with Crippen molar-refractivity contribution in [3.63, 3.8) is 0 Å². The Morgan fingerprint density at radius 3 is 2.28 bits per heavy atom. The molecule has 0 radical (unpaired) electrons. The topological polar surface area (TPSA) is 35.5 Å². The molecule has 0 aromatic heterocycles. The molecule has 5 heteroatoms. The summed E-state index contributed by atoms with van der Waals surface area (Å²) in [4.78, 5) is 11.3. The van der Waals surface area contributed by atoms with Crippen LogP contribution >= 0.6 is 15.9 Å². The predicted octanol–water partition coefficient (Wildman–Crippen LogP) is 4.02. The molecule has 0 aliphatic heterocycles. The first-order valence-corrected chi connectivity index (χ1v) is 9.88. The van der Waals surface area contributed by atoms with Gasteiger partial charge in [-0.25, -0.2) is 4.79 Å². The van der Waals surface area contributed by atoms with Crippen LogP contribution in [0.15, 0.2) is 24.0 Å². The van der Waals surface area contributed by atoms with E-state index in [0.717, 1.165) is 0 Å². The molecule has 0 N–H and O–H groups in total. The summed E-state index contributed by atoms with van der Waals surface area (Å²) in [5.74, 6) is 0.163. The number of methoxy groups -OCH3 is 1. The summed E-state index contributed by atoms with van der Waals surface area (Å²) < 4.78 is 10.7. The van der Waals surface area contributed by atoms with Gasteiger partial charge in [0.25, 0.3) is 0 Å². The fraction of sp³-hybridized carbons (Fsp3) is 0.615. The zero-order valence-electron chi connectivity index (χ0n) is 12.0. The fourth-order valence-corrected chi connectivity index (χ4v) is 2.10. The standard InChI is InChI=1S/C13H23BrO3Si/c1-13(2,3)18(5,6)17-11(8-7-9-14)10-12(15)16-4/h7-8,10H,9H2,1-6H3/b8-7+,11-10-. The SMILES string of the molecule is COC(=O)/C=C(/C=C/CBr)O[Si](C)(C)C(C)(C)C. The van der Waals surface area contributed by atoms with Crippen molar-refractivity contribution in [3.8, 4) is 0 Å². The molecule has 0 saturated carbocycles. The Kier molecular flexibility index (Phi) is 6.92. The maximum Gasteiger partial charge on any atom is 0.334 e. The van der Waals surface area contributed by atoms with E-state index < -0.39 is 14.3 Å². The van der Waals surface area contributed by atoms with E-state index in [0.29, 0.717) is 11.1 Å². The minimum atomic E-state index is -1.94. The van der Waals surface area contributed by atoms with Gasteiger partial charge < -0.3 is 9.16 Å². The summed E-state index contributed by atoms with van der Waals surface area (Å²) in [6.45, 7) is 10.7. The van der Waals surface area contributed by atoms with E-state index in [-0.39, 0.29) is 5.04 Å². The number of halogens is 1. The minimum absolute atomic E-state index is 0.0877.